The van der Waals surface area contributed by atoms with Crippen LogP contribution in [0.25, 0.3) is 0 Å². The number of unbranched alkanes of at least 4 members (excludes halogenated alkanes) is 3. The highest BCUT2D eigenvalue weighted by Crippen LogP contribution is 2.26. The van der Waals surface area contributed by atoms with E-state index in [0.717, 1.165) is 25.7 Å². The Bertz CT molecular complexity index is 253. The van der Waals surface area contributed by atoms with E-state index >= 15 is 0 Å². The molecule has 0 aliphatic heterocycles. The summed E-state index contributed by atoms with van der Waals surface area (Å²) in [5.41, 5.74) is 0. The maximum atomic E-state index is 9.93. The third kappa shape index (κ3) is 4.11. The predicted octanol–water partition coefficient (Wildman–Crippen LogP) is -1.60. The second-order valence-corrected chi connectivity index (χ2v) is 5.20. The van der Waals surface area contributed by atoms with Gasteiger partial charge in [-0.3, -0.25) is 0 Å². The van der Waals surface area contributed by atoms with Crippen molar-refractivity contribution in [1.82, 2.24) is 5.32 Å². The van der Waals surface area contributed by atoms with Gasteiger partial charge in [-0.05, 0) is 13.0 Å². The van der Waals surface area contributed by atoms with Gasteiger partial charge in [-0.25, -0.2) is 0 Å². The van der Waals surface area contributed by atoms with E-state index in [0.29, 0.717) is 6.54 Å². The fourth-order valence-corrected chi connectivity index (χ4v) is 2.58. The van der Waals surface area contributed by atoms with Crippen molar-refractivity contribution in [3.63, 3.8) is 0 Å². The van der Waals surface area contributed by atoms with Crippen LogP contribution in [0, 0.1) is 12.8 Å². The molecule has 19 heavy (non-hydrogen) atoms. The van der Waals surface area contributed by atoms with Crippen LogP contribution in [0.3, 0.4) is 0 Å². The third-order valence-electron chi connectivity index (χ3n) is 3.84. The van der Waals surface area contributed by atoms with Crippen molar-refractivity contribution < 1.29 is 25.5 Å². The summed E-state index contributed by atoms with van der Waals surface area (Å²) in [6.07, 6.45) is -1.48. The van der Waals surface area contributed by atoms with Crippen LogP contribution in [-0.4, -0.2) is 69.1 Å². The van der Waals surface area contributed by atoms with Crippen molar-refractivity contribution >= 4 is 0 Å². The van der Waals surface area contributed by atoms with E-state index in [-0.39, 0.29) is 6.61 Å². The molecule has 0 aromatic rings. The van der Waals surface area contributed by atoms with Crippen LogP contribution in [-0.2, 0) is 0 Å². The predicted molar refractivity (Wildman–Crippen MR) is 70.2 cm³/mol. The number of rotatable bonds is 7. The van der Waals surface area contributed by atoms with E-state index in [9.17, 15) is 25.5 Å². The topological polar surface area (TPSA) is 113 Å². The molecule has 0 spiro atoms. The monoisotopic (exact) mass is 276 g/mol. The van der Waals surface area contributed by atoms with E-state index in [1.54, 1.807) is 0 Å². The Kier molecular flexibility index (Phi) is 7.20. The molecule has 0 radical (unpaired) electrons. The Morgan fingerprint density at radius 1 is 0.842 bits per heavy atom. The summed E-state index contributed by atoms with van der Waals surface area (Å²) in [5.74, 6) is -0.693. The number of nitrogens with one attached hydrogen (secondary N) is 1. The van der Waals surface area contributed by atoms with Gasteiger partial charge >= 0.3 is 0 Å². The van der Waals surface area contributed by atoms with Crippen molar-refractivity contribution in [2.24, 2.45) is 5.92 Å². The standard InChI is InChI=1S/C13H26NO5/c1-2-3-4-5-6-14-9-8(7-15)10(16)12(18)13(19)11(9)17/h8-19H,1-7H2/q-1/t8-,9-,10+,11+,12-,13-/m0/s1. The zero-order valence-electron chi connectivity index (χ0n) is 11.1. The first-order chi connectivity index (χ1) is 9.04. The third-order valence-corrected chi connectivity index (χ3v) is 3.84. The van der Waals surface area contributed by atoms with Gasteiger partial charge in [-0.2, -0.15) is 6.42 Å². The van der Waals surface area contributed by atoms with Crippen LogP contribution < -0.4 is 5.32 Å². The van der Waals surface area contributed by atoms with Gasteiger partial charge in [0.25, 0.3) is 0 Å². The van der Waals surface area contributed by atoms with Gasteiger partial charge in [0.05, 0.1) is 18.8 Å². The number of hydrogen-bond acceptors (Lipinski definition) is 6. The molecule has 0 bridgehead atoms. The molecule has 0 amide bonds. The molecule has 0 aromatic heterocycles. The molecule has 0 heterocycles. The molecule has 1 rings (SSSR count). The highest BCUT2D eigenvalue weighted by atomic mass is 16.4. The van der Waals surface area contributed by atoms with Crippen molar-refractivity contribution in [3.8, 4) is 0 Å². The Hall–Kier alpha value is -0.240. The quantitative estimate of drug-likeness (QED) is 0.247. The lowest BCUT2D eigenvalue weighted by Gasteiger charge is -2.44. The normalized spacial score (nSPS) is 39.5. The summed E-state index contributed by atoms with van der Waals surface area (Å²) >= 11 is 0. The molecule has 6 heteroatoms. The summed E-state index contributed by atoms with van der Waals surface area (Å²) in [7, 11) is 0. The molecular weight excluding hydrogens is 250 g/mol. The van der Waals surface area contributed by atoms with E-state index in [1.165, 1.54) is 0 Å². The van der Waals surface area contributed by atoms with Crippen molar-refractivity contribution in [1.29, 1.82) is 0 Å². The minimum absolute atomic E-state index is 0.363. The first-order valence-electron chi connectivity index (χ1n) is 6.90. The molecule has 6 nitrogen and oxygen atoms in total. The van der Waals surface area contributed by atoms with Gasteiger partial charge in [0.2, 0.25) is 0 Å². The molecule has 6 atom stereocenters. The summed E-state index contributed by atoms with van der Waals surface area (Å²) in [6.45, 7) is 4.01. The fraction of sp³-hybridized carbons (Fsp3) is 0.923. The second-order valence-electron chi connectivity index (χ2n) is 5.20. The first-order valence-corrected chi connectivity index (χ1v) is 6.90. The maximum Gasteiger partial charge on any atom is 0.110 e. The minimum atomic E-state index is -1.43. The molecule has 0 aromatic carbocycles. The van der Waals surface area contributed by atoms with Crippen LogP contribution >= 0.6 is 0 Å². The van der Waals surface area contributed by atoms with Crippen LogP contribution in [0.1, 0.15) is 25.7 Å². The van der Waals surface area contributed by atoms with Crippen LogP contribution in [0.2, 0.25) is 0 Å². The molecule has 1 fully saturated rings. The first kappa shape index (κ1) is 16.8. The molecule has 1 aliphatic carbocycles. The Balaban J connectivity index is 2.52. The molecule has 1 aliphatic rings. The van der Waals surface area contributed by atoms with Crippen LogP contribution in [0.5, 0.6) is 0 Å². The smallest absolute Gasteiger partial charge is 0.110 e. The molecule has 0 saturated heterocycles. The van der Waals surface area contributed by atoms with Gasteiger partial charge in [0.1, 0.15) is 12.2 Å². The number of hydrogen-bond donors (Lipinski definition) is 6. The van der Waals surface area contributed by atoms with Crippen molar-refractivity contribution in [2.45, 2.75) is 56.1 Å². The summed E-state index contributed by atoms with van der Waals surface area (Å²) in [5, 5.41) is 51.3. The lowest BCUT2D eigenvalue weighted by molar-refractivity contribution is -0.176. The van der Waals surface area contributed by atoms with Crippen LogP contribution in [0.15, 0.2) is 0 Å². The Labute approximate surface area is 114 Å². The van der Waals surface area contributed by atoms with E-state index in [2.05, 4.69) is 12.2 Å². The lowest BCUT2D eigenvalue weighted by Crippen LogP contribution is -2.65. The second kappa shape index (κ2) is 8.14. The Morgan fingerprint density at radius 2 is 1.47 bits per heavy atom. The molecule has 0 unspecified atom stereocenters. The molecule has 1 saturated carbocycles. The number of aliphatic hydroxyl groups excluding tert-OH is 5. The van der Waals surface area contributed by atoms with Crippen molar-refractivity contribution in [2.75, 3.05) is 13.2 Å². The SMILES string of the molecule is [CH2-]CCCCCN[C@@H]1[C@@H](O)[C@H](O)[C@@H](O)[C@H](O)[C@H]1CO. The highest BCUT2D eigenvalue weighted by molar-refractivity contribution is 5.01. The maximum absolute atomic E-state index is 9.93. The van der Waals surface area contributed by atoms with Gasteiger partial charge < -0.3 is 37.8 Å². The van der Waals surface area contributed by atoms with E-state index < -0.39 is 36.4 Å². The summed E-state index contributed by atoms with van der Waals surface area (Å²) < 4.78 is 0. The van der Waals surface area contributed by atoms with Gasteiger partial charge in [-0.15, -0.1) is 0 Å². The molecule has 114 valence electrons. The molecule has 6 N–H and O–H groups in total. The van der Waals surface area contributed by atoms with Crippen LogP contribution in [0.4, 0.5) is 0 Å². The van der Waals surface area contributed by atoms with Gasteiger partial charge in [-0.1, -0.05) is 12.8 Å². The largest absolute Gasteiger partial charge is 0.396 e. The van der Waals surface area contributed by atoms with Gasteiger partial charge in [0.15, 0.2) is 0 Å². The zero-order valence-corrected chi connectivity index (χ0v) is 11.1. The summed E-state index contributed by atoms with van der Waals surface area (Å²) in [4.78, 5) is 0. The van der Waals surface area contributed by atoms with E-state index in [1.807, 2.05) is 0 Å². The lowest BCUT2D eigenvalue weighted by atomic mass is 9.77. The van der Waals surface area contributed by atoms with Crippen molar-refractivity contribution in [3.05, 3.63) is 6.92 Å². The Morgan fingerprint density at radius 3 is 2.05 bits per heavy atom. The average molecular weight is 276 g/mol. The van der Waals surface area contributed by atoms with Gasteiger partial charge in [0, 0.05) is 12.0 Å². The highest BCUT2D eigenvalue weighted by Gasteiger charge is 2.48. The zero-order chi connectivity index (χ0) is 14.4. The number of aliphatic hydroxyl groups is 5. The average Bonchev–Trinajstić information content (AvgIpc) is 2.41. The summed E-state index contributed by atoms with van der Waals surface area (Å²) in [6, 6.07) is -0.627. The minimum Gasteiger partial charge on any atom is -0.396 e. The van der Waals surface area contributed by atoms with E-state index in [4.69, 9.17) is 0 Å². The molecular formula is C13H26NO5-. The fourth-order valence-electron chi connectivity index (χ4n) is 2.58.